The standard InChI is InChI=1S/C26H21NO3/c1-17-12-13-21-20(16-17)24(28)22-23(19-10-6-3-7-11-19)27(26(29)25(22)30-21)15-14-18-8-4-2-5-9-18/h2-13,16,23H,14-15H2,1H3. The van der Waals surface area contributed by atoms with Crippen molar-refractivity contribution in [2.24, 2.45) is 0 Å². The summed E-state index contributed by atoms with van der Waals surface area (Å²) >= 11 is 0. The van der Waals surface area contributed by atoms with Crippen LogP contribution in [0.1, 0.15) is 38.9 Å². The highest BCUT2D eigenvalue weighted by Gasteiger charge is 2.42. The smallest absolute Gasteiger partial charge is 0.290 e. The van der Waals surface area contributed by atoms with E-state index in [9.17, 15) is 9.59 Å². The highest BCUT2D eigenvalue weighted by Crippen LogP contribution is 2.38. The average molecular weight is 395 g/mol. The number of amides is 1. The third-order valence-corrected chi connectivity index (χ3v) is 5.72. The molecule has 1 unspecified atom stereocenters. The molecule has 0 N–H and O–H groups in total. The molecule has 0 bridgehead atoms. The zero-order chi connectivity index (χ0) is 20.7. The lowest BCUT2D eigenvalue weighted by molar-refractivity contribution is 0.0730. The van der Waals surface area contributed by atoms with Crippen LogP contribution in [0, 0.1) is 6.92 Å². The van der Waals surface area contributed by atoms with Gasteiger partial charge in [-0.05, 0) is 36.6 Å². The van der Waals surface area contributed by atoms with Gasteiger partial charge in [-0.25, -0.2) is 0 Å². The van der Waals surface area contributed by atoms with Gasteiger partial charge in [0.25, 0.3) is 5.91 Å². The lowest BCUT2D eigenvalue weighted by Crippen LogP contribution is -2.31. The maximum atomic E-state index is 13.5. The minimum Gasteiger partial charge on any atom is -0.450 e. The van der Waals surface area contributed by atoms with E-state index >= 15 is 0 Å². The summed E-state index contributed by atoms with van der Waals surface area (Å²) < 4.78 is 6.00. The van der Waals surface area contributed by atoms with Crippen molar-refractivity contribution in [2.75, 3.05) is 6.54 Å². The largest absolute Gasteiger partial charge is 0.450 e. The molecule has 4 aromatic rings. The monoisotopic (exact) mass is 395 g/mol. The van der Waals surface area contributed by atoms with Crippen molar-refractivity contribution >= 4 is 16.9 Å². The molecule has 0 saturated heterocycles. The van der Waals surface area contributed by atoms with Crippen LogP contribution in [-0.2, 0) is 6.42 Å². The predicted molar refractivity (Wildman–Crippen MR) is 117 cm³/mol. The summed E-state index contributed by atoms with van der Waals surface area (Å²) in [4.78, 5) is 28.6. The number of rotatable bonds is 4. The van der Waals surface area contributed by atoms with E-state index in [1.54, 1.807) is 11.0 Å². The van der Waals surface area contributed by atoms with E-state index in [0.29, 0.717) is 29.5 Å². The summed E-state index contributed by atoms with van der Waals surface area (Å²) in [6.45, 7) is 2.44. The summed E-state index contributed by atoms with van der Waals surface area (Å²) in [7, 11) is 0. The van der Waals surface area contributed by atoms with Crippen molar-refractivity contribution in [3.8, 4) is 0 Å². The van der Waals surface area contributed by atoms with Gasteiger partial charge in [-0.3, -0.25) is 9.59 Å². The molecule has 4 nitrogen and oxygen atoms in total. The van der Waals surface area contributed by atoms with E-state index in [1.807, 2.05) is 79.7 Å². The predicted octanol–water partition coefficient (Wildman–Crippen LogP) is 4.89. The van der Waals surface area contributed by atoms with Crippen LogP contribution < -0.4 is 5.43 Å². The Morgan fingerprint density at radius 2 is 1.60 bits per heavy atom. The van der Waals surface area contributed by atoms with E-state index in [2.05, 4.69) is 0 Å². The number of benzene rings is 3. The molecule has 0 saturated carbocycles. The zero-order valence-electron chi connectivity index (χ0n) is 16.7. The summed E-state index contributed by atoms with van der Waals surface area (Å²) in [5.74, 6) is -0.0624. The molecule has 0 radical (unpaired) electrons. The Balaban J connectivity index is 1.65. The zero-order valence-corrected chi connectivity index (χ0v) is 16.7. The summed E-state index contributed by atoms with van der Waals surface area (Å²) in [6, 6.07) is 24.8. The topological polar surface area (TPSA) is 50.5 Å². The Kier molecular flexibility index (Phi) is 4.47. The van der Waals surface area contributed by atoms with Gasteiger partial charge in [0.15, 0.2) is 5.43 Å². The van der Waals surface area contributed by atoms with Crippen LogP contribution in [0.5, 0.6) is 0 Å². The third-order valence-electron chi connectivity index (χ3n) is 5.72. The van der Waals surface area contributed by atoms with Gasteiger partial charge >= 0.3 is 0 Å². The molecule has 1 aromatic heterocycles. The van der Waals surface area contributed by atoms with E-state index < -0.39 is 6.04 Å². The van der Waals surface area contributed by atoms with Crippen LogP contribution in [0.4, 0.5) is 0 Å². The molecule has 1 amide bonds. The molecular weight excluding hydrogens is 374 g/mol. The fourth-order valence-corrected chi connectivity index (χ4v) is 4.24. The number of hydrogen-bond donors (Lipinski definition) is 0. The number of carbonyl (C=O) groups is 1. The molecule has 0 aliphatic carbocycles. The molecular formula is C26H21NO3. The summed E-state index contributed by atoms with van der Waals surface area (Å²) in [5.41, 5.74) is 3.81. The number of carbonyl (C=O) groups excluding carboxylic acids is 1. The Bertz CT molecular complexity index is 1290. The van der Waals surface area contributed by atoms with Gasteiger partial charge in [-0.1, -0.05) is 72.3 Å². The molecule has 0 spiro atoms. The maximum absolute atomic E-state index is 13.5. The number of aryl methyl sites for hydroxylation is 1. The van der Waals surface area contributed by atoms with Crippen molar-refractivity contribution < 1.29 is 9.21 Å². The molecule has 3 aromatic carbocycles. The fraction of sp³-hybridized carbons (Fsp3) is 0.154. The maximum Gasteiger partial charge on any atom is 0.290 e. The quantitative estimate of drug-likeness (QED) is 0.494. The Morgan fingerprint density at radius 1 is 0.900 bits per heavy atom. The van der Waals surface area contributed by atoms with Crippen LogP contribution in [0.2, 0.25) is 0 Å². The minimum atomic E-state index is -0.446. The molecule has 4 heteroatoms. The van der Waals surface area contributed by atoms with Gasteiger partial charge in [-0.2, -0.15) is 0 Å². The number of hydrogen-bond acceptors (Lipinski definition) is 3. The molecule has 1 atom stereocenters. The Hall–Kier alpha value is -3.66. The number of fused-ring (bicyclic) bond motifs is 2. The Morgan fingerprint density at radius 3 is 2.33 bits per heavy atom. The van der Waals surface area contributed by atoms with Crippen molar-refractivity contribution in [3.05, 3.63) is 117 Å². The fourth-order valence-electron chi connectivity index (χ4n) is 4.24. The van der Waals surface area contributed by atoms with Crippen LogP contribution >= 0.6 is 0 Å². The molecule has 2 heterocycles. The van der Waals surface area contributed by atoms with Crippen LogP contribution in [0.3, 0.4) is 0 Å². The van der Waals surface area contributed by atoms with E-state index in [4.69, 9.17) is 4.42 Å². The van der Waals surface area contributed by atoms with Crippen molar-refractivity contribution in [1.29, 1.82) is 0 Å². The van der Waals surface area contributed by atoms with Crippen LogP contribution in [0.15, 0.2) is 88.1 Å². The van der Waals surface area contributed by atoms with Crippen molar-refractivity contribution in [2.45, 2.75) is 19.4 Å². The lowest BCUT2D eigenvalue weighted by Gasteiger charge is -2.25. The van der Waals surface area contributed by atoms with Gasteiger partial charge in [0.2, 0.25) is 5.76 Å². The lowest BCUT2D eigenvalue weighted by atomic mass is 9.98. The highest BCUT2D eigenvalue weighted by molar-refractivity contribution is 5.99. The third kappa shape index (κ3) is 3.01. The molecule has 1 aliphatic heterocycles. The van der Waals surface area contributed by atoms with Gasteiger partial charge < -0.3 is 9.32 Å². The second-order valence-electron chi connectivity index (χ2n) is 7.72. The first-order valence-electron chi connectivity index (χ1n) is 10.1. The van der Waals surface area contributed by atoms with Crippen molar-refractivity contribution in [1.82, 2.24) is 4.90 Å². The normalized spacial score (nSPS) is 15.6. The average Bonchev–Trinajstić information content (AvgIpc) is 3.06. The molecule has 0 fully saturated rings. The summed E-state index contributed by atoms with van der Waals surface area (Å²) in [6.07, 6.45) is 0.705. The number of nitrogens with zero attached hydrogens (tertiary/aromatic N) is 1. The van der Waals surface area contributed by atoms with Gasteiger partial charge in [0.1, 0.15) is 5.58 Å². The Labute approximate surface area is 174 Å². The molecule has 148 valence electrons. The van der Waals surface area contributed by atoms with Gasteiger partial charge in [-0.15, -0.1) is 0 Å². The highest BCUT2D eigenvalue weighted by atomic mass is 16.3. The van der Waals surface area contributed by atoms with Crippen LogP contribution in [-0.4, -0.2) is 17.4 Å². The van der Waals surface area contributed by atoms with Crippen LogP contribution in [0.25, 0.3) is 11.0 Å². The van der Waals surface area contributed by atoms with E-state index in [1.165, 1.54) is 0 Å². The first-order valence-corrected chi connectivity index (χ1v) is 10.1. The van der Waals surface area contributed by atoms with Gasteiger partial charge in [0.05, 0.1) is 17.0 Å². The van der Waals surface area contributed by atoms with E-state index in [0.717, 1.165) is 16.7 Å². The minimum absolute atomic E-state index is 0.126. The second-order valence-corrected chi connectivity index (χ2v) is 7.72. The molecule has 1 aliphatic rings. The molecule has 5 rings (SSSR count). The second kappa shape index (κ2) is 7.30. The van der Waals surface area contributed by atoms with Crippen molar-refractivity contribution in [3.63, 3.8) is 0 Å². The SMILES string of the molecule is Cc1ccc2oc3c(c(=O)c2c1)C(c1ccccc1)N(CCc1ccccc1)C3=O. The van der Waals surface area contributed by atoms with E-state index in [-0.39, 0.29) is 17.1 Å². The van der Waals surface area contributed by atoms with Gasteiger partial charge in [0, 0.05) is 6.54 Å². The molecule has 30 heavy (non-hydrogen) atoms. The first kappa shape index (κ1) is 18.4. The summed E-state index contributed by atoms with van der Waals surface area (Å²) in [5, 5.41) is 0.521. The first-order chi connectivity index (χ1) is 14.6.